The SMILES string of the molecule is O=S(=O)(O)c1ccc(Nc2cc(Cl)nc(Cl)n2)cc1.O=S(=O)(O)c1ccc(Nc2nc(Cl)cc(Cl)n2)cc1. The lowest BCUT2D eigenvalue weighted by Crippen LogP contribution is -2.00. The van der Waals surface area contributed by atoms with E-state index in [4.69, 9.17) is 55.5 Å². The molecule has 0 bridgehead atoms. The second kappa shape index (κ2) is 12.4. The average molecular weight is 640 g/mol. The van der Waals surface area contributed by atoms with E-state index in [0.717, 1.165) is 0 Å². The normalized spacial score (nSPS) is 11.3. The van der Waals surface area contributed by atoms with E-state index in [0.29, 0.717) is 17.2 Å². The maximum Gasteiger partial charge on any atom is 0.294 e. The van der Waals surface area contributed by atoms with Crippen molar-refractivity contribution in [3.05, 3.63) is 81.4 Å². The van der Waals surface area contributed by atoms with Gasteiger partial charge in [0.15, 0.2) is 0 Å². The first-order valence-corrected chi connectivity index (χ1v) is 14.2. The lowest BCUT2D eigenvalue weighted by Gasteiger charge is -2.06. The minimum absolute atomic E-state index is 0.00967. The quantitative estimate of drug-likeness (QED) is 0.117. The summed E-state index contributed by atoms with van der Waals surface area (Å²) in [4.78, 5) is 15.0. The number of hydrogen-bond acceptors (Lipinski definition) is 10. The molecule has 2 heterocycles. The van der Waals surface area contributed by atoms with Gasteiger partial charge >= 0.3 is 0 Å². The van der Waals surface area contributed by atoms with E-state index in [-0.39, 0.29) is 36.5 Å². The molecule has 2 aromatic carbocycles. The number of nitrogens with zero attached hydrogens (tertiary/aromatic N) is 4. The highest BCUT2D eigenvalue weighted by Crippen LogP contribution is 2.21. The van der Waals surface area contributed by atoms with Crippen molar-refractivity contribution in [3.8, 4) is 0 Å². The van der Waals surface area contributed by atoms with Gasteiger partial charge in [-0.05, 0) is 60.1 Å². The summed E-state index contributed by atoms with van der Waals surface area (Å²) in [7, 11) is -8.41. The topological polar surface area (TPSA) is 184 Å². The van der Waals surface area contributed by atoms with E-state index in [1.165, 1.54) is 60.7 Å². The number of benzene rings is 2. The van der Waals surface area contributed by atoms with Crippen LogP contribution in [0.2, 0.25) is 20.7 Å². The van der Waals surface area contributed by atoms with E-state index in [1.807, 2.05) is 0 Å². The van der Waals surface area contributed by atoms with E-state index in [2.05, 4.69) is 30.6 Å². The fourth-order valence-electron chi connectivity index (χ4n) is 2.60. The first-order chi connectivity index (χ1) is 17.7. The molecule has 0 aliphatic carbocycles. The lowest BCUT2D eigenvalue weighted by molar-refractivity contribution is 0.481. The molecule has 4 aromatic rings. The zero-order valence-corrected chi connectivity index (χ0v) is 23.1. The van der Waals surface area contributed by atoms with Gasteiger partial charge in [-0.2, -0.15) is 16.8 Å². The third-order valence-electron chi connectivity index (χ3n) is 4.16. The number of nitrogens with one attached hydrogen (secondary N) is 2. The van der Waals surface area contributed by atoms with E-state index >= 15 is 0 Å². The summed E-state index contributed by atoms with van der Waals surface area (Å²) in [5.74, 6) is 0.543. The molecule has 0 fully saturated rings. The van der Waals surface area contributed by atoms with Gasteiger partial charge in [0, 0.05) is 23.5 Å². The van der Waals surface area contributed by atoms with Gasteiger partial charge in [0.1, 0.15) is 21.3 Å². The summed E-state index contributed by atoms with van der Waals surface area (Å²) in [5, 5.41) is 6.19. The fraction of sp³-hybridized carbons (Fsp3) is 0. The Morgan fingerprint density at radius 1 is 0.579 bits per heavy atom. The van der Waals surface area contributed by atoms with Gasteiger partial charge in [-0.1, -0.05) is 34.8 Å². The third kappa shape index (κ3) is 9.18. The average Bonchev–Trinajstić information content (AvgIpc) is 2.78. The van der Waals surface area contributed by atoms with Crippen molar-refractivity contribution in [2.24, 2.45) is 0 Å². The first kappa shape index (κ1) is 29.7. The van der Waals surface area contributed by atoms with Gasteiger partial charge in [0.05, 0.1) is 9.79 Å². The van der Waals surface area contributed by atoms with Gasteiger partial charge in [-0.3, -0.25) is 9.11 Å². The van der Waals surface area contributed by atoms with Crippen molar-refractivity contribution in [3.63, 3.8) is 0 Å². The van der Waals surface area contributed by atoms with Crippen LogP contribution in [0.15, 0.2) is 70.5 Å². The Hall–Kier alpha value is -2.82. The number of anilines is 4. The molecule has 4 rings (SSSR count). The first-order valence-electron chi connectivity index (χ1n) is 9.78. The molecule has 38 heavy (non-hydrogen) atoms. The minimum Gasteiger partial charge on any atom is -0.340 e. The minimum atomic E-state index is -4.21. The Labute approximate surface area is 236 Å². The van der Waals surface area contributed by atoms with Crippen LogP contribution in [-0.4, -0.2) is 45.9 Å². The van der Waals surface area contributed by atoms with Crippen LogP contribution in [0.4, 0.5) is 23.1 Å². The predicted octanol–water partition coefficient (Wildman–Crippen LogP) is 5.55. The second-order valence-electron chi connectivity index (χ2n) is 6.93. The highest BCUT2D eigenvalue weighted by atomic mass is 35.5. The van der Waals surface area contributed by atoms with Crippen LogP contribution in [-0.2, 0) is 20.2 Å². The highest BCUT2D eigenvalue weighted by Gasteiger charge is 2.10. The smallest absolute Gasteiger partial charge is 0.294 e. The maximum absolute atomic E-state index is 10.9. The molecule has 0 radical (unpaired) electrons. The third-order valence-corrected chi connectivity index (χ3v) is 6.65. The molecule has 0 amide bonds. The van der Waals surface area contributed by atoms with Crippen LogP contribution in [0.3, 0.4) is 0 Å². The van der Waals surface area contributed by atoms with Gasteiger partial charge in [0.2, 0.25) is 11.2 Å². The number of aromatic nitrogens is 4. The second-order valence-corrected chi connectivity index (χ2v) is 11.3. The van der Waals surface area contributed by atoms with Crippen LogP contribution < -0.4 is 10.6 Å². The standard InChI is InChI=1S/2C10H7Cl2N3O3S/c11-8-5-9(15-10(12)14-8)13-6-1-3-7(4-2-6)19(16,17)18;11-8-5-9(12)15-10(14-8)13-6-1-3-7(4-2-6)19(16,17)18/h2*1-5H,(H,13,14,15)(H,16,17,18). The van der Waals surface area contributed by atoms with Gasteiger partial charge in [-0.15, -0.1) is 0 Å². The van der Waals surface area contributed by atoms with Gasteiger partial charge < -0.3 is 10.6 Å². The molecule has 0 saturated heterocycles. The Balaban J connectivity index is 0.000000211. The van der Waals surface area contributed by atoms with E-state index in [9.17, 15) is 16.8 Å². The molecular formula is C20H14Cl4N6O6S2. The monoisotopic (exact) mass is 638 g/mol. The molecule has 4 N–H and O–H groups in total. The molecule has 0 aliphatic heterocycles. The highest BCUT2D eigenvalue weighted by molar-refractivity contribution is 7.86. The van der Waals surface area contributed by atoms with E-state index < -0.39 is 20.2 Å². The molecule has 0 aliphatic rings. The Kier molecular flexibility index (Phi) is 9.67. The summed E-state index contributed by atoms with van der Waals surface area (Å²) in [5.41, 5.74) is 1.07. The summed E-state index contributed by atoms with van der Waals surface area (Å²) >= 11 is 22.8. The summed E-state index contributed by atoms with van der Waals surface area (Å²) in [6.45, 7) is 0. The van der Waals surface area contributed by atoms with Gasteiger partial charge in [0.25, 0.3) is 20.2 Å². The largest absolute Gasteiger partial charge is 0.340 e. The number of hydrogen-bond donors (Lipinski definition) is 4. The van der Waals surface area contributed by atoms with Crippen molar-refractivity contribution < 1.29 is 25.9 Å². The lowest BCUT2D eigenvalue weighted by atomic mass is 10.3. The zero-order valence-electron chi connectivity index (χ0n) is 18.4. The number of rotatable bonds is 6. The molecule has 2 aromatic heterocycles. The molecule has 12 nitrogen and oxygen atoms in total. The molecule has 0 spiro atoms. The Morgan fingerprint density at radius 3 is 1.42 bits per heavy atom. The summed E-state index contributed by atoms with van der Waals surface area (Å²) in [6.07, 6.45) is 0. The van der Waals surface area contributed by atoms with Crippen molar-refractivity contribution in [2.75, 3.05) is 10.6 Å². The van der Waals surface area contributed by atoms with E-state index in [1.54, 1.807) is 0 Å². The fourth-order valence-corrected chi connectivity index (χ4v) is 4.39. The van der Waals surface area contributed by atoms with Gasteiger partial charge in [-0.25, -0.2) is 19.9 Å². The van der Waals surface area contributed by atoms with Crippen molar-refractivity contribution in [1.82, 2.24) is 19.9 Å². The maximum atomic E-state index is 10.9. The van der Waals surface area contributed by atoms with Crippen LogP contribution in [0.5, 0.6) is 0 Å². The molecule has 0 unspecified atom stereocenters. The zero-order chi connectivity index (χ0) is 28.1. The van der Waals surface area contributed by atoms with Crippen LogP contribution >= 0.6 is 46.4 Å². The van der Waals surface area contributed by atoms with Crippen LogP contribution in [0.25, 0.3) is 0 Å². The van der Waals surface area contributed by atoms with Crippen LogP contribution in [0.1, 0.15) is 0 Å². The molecule has 0 saturated carbocycles. The van der Waals surface area contributed by atoms with Crippen LogP contribution in [0, 0.1) is 0 Å². The van der Waals surface area contributed by atoms with Crippen molar-refractivity contribution in [2.45, 2.75) is 9.79 Å². The summed E-state index contributed by atoms with van der Waals surface area (Å²) < 4.78 is 61.2. The predicted molar refractivity (Wildman–Crippen MR) is 143 cm³/mol. The molecule has 0 atom stereocenters. The molecular weight excluding hydrogens is 626 g/mol. The molecule has 200 valence electrons. The Bertz CT molecular complexity index is 1490. The molecule has 18 heteroatoms. The Morgan fingerprint density at radius 2 is 1.00 bits per heavy atom. The number of halogens is 4. The summed E-state index contributed by atoms with van der Waals surface area (Å²) in [6, 6.07) is 13.7. The van der Waals surface area contributed by atoms with Crippen molar-refractivity contribution in [1.29, 1.82) is 0 Å². The van der Waals surface area contributed by atoms with Crippen molar-refractivity contribution >= 4 is 89.8 Å².